The van der Waals surface area contributed by atoms with E-state index in [0.29, 0.717) is 0 Å². The van der Waals surface area contributed by atoms with Crippen molar-refractivity contribution in [3.05, 3.63) is 27.4 Å². The van der Waals surface area contributed by atoms with Gasteiger partial charge in [0.1, 0.15) is 0 Å². The van der Waals surface area contributed by atoms with Crippen molar-refractivity contribution in [2.75, 3.05) is 6.54 Å². The molecule has 0 spiro atoms. The summed E-state index contributed by atoms with van der Waals surface area (Å²) in [5, 5.41) is 17.2. The first-order valence-electron chi connectivity index (χ1n) is 4.27. The molecule has 1 atom stereocenters. The zero-order chi connectivity index (χ0) is 10.7. The maximum Gasteiger partial charge on any atom is 0.0882 e. The molecule has 1 rings (SSSR count). The van der Waals surface area contributed by atoms with Gasteiger partial charge in [-0.1, -0.05) is 5.11 Å². The number of nitrogens with zero attached hydrogens (tertiary/aromatic N) is 5. The molecule has 1 heterocycles. The van der Waals surface area contributed by atoms with E-state index in [1.807, 2.05) is 20.9 Å². The highest BCUT2D eigenvalue weighted by molar-refractivity contribution is 5.27. The zero-order valence-electron chi connectivity index (χ0n) is 8.47. The largest absolute Gasteiger partial charge is 0.388 e. The molecule has 1 aromatic heterocycles. The van der Waals surface area contributed by atoms with Gasteiger partial charge in [-0.25, -0.2) is 0 Å². The highest BCUT2D eigenvalue weighted by Gasteiger charge is 2.16. The number of aliphatic hydroxyl groups is 1. The van der Waals surface area contributed by atoms with Crippen LogP contribution in [0, 0.1) is 13.8 Å². The summed E-state index contributed by atoms with van der Waals surface area (Å²) in [7, 11) is 1.81. The van der Waals surface area contributed by atoms with E-state index in [0.717, 1.165) is 17.0 Å². The van der Waals surface area contributed by atoms with Crippen LogP contribution in [-0.4, -0.2) is 21.4 Å². The average Bonchev–Trinajstić information content (AvgIpc) is 2.38. The molecular weight excluding hydrogens is 182 g/mol. The zero-order valence-corrected chi connectivity index (χ0v) is 8.47. The summed E-state index contributed by atoms with van der Waals surface area (Å²) in [4.78, 5) is 2.61. The van der Waals surface area contributed by atoms with Crippen LogP contribution in [0.15, 0.2) is 5.11 Å². The number of aryl methyl sites for hydroxylation is 2. The second-order valence-corrected chi connectivity index (χ2v) is 3.14. The SMILES string of the molecule is Cc1nn(C)c(C)c1[C@H](O)CN=[N+]=[N-]. The van der Waals surface area contributed by atoms with Gasteiger partial charge in [-0.2, -0.15) is 5.10 Å². The predicted octanol–water partition coefficient (Wildman–Crippen LogP) is 1.38. The summed E-state index contributed by atoms with van der Waals surface area (Å²) in [5.41, 5.74) is 10.5. The molecule has 76 valence electrons. The van der Waals surface area contributed by atoms with E-state index < -0.39 is 6.10 Å². The highest BCUT2D eigenvalue weighted by Crippen LogP contribution is 2.20. The lowest BCUT2D eigenvalue weighted by atomic mass is 10.1. The van der Waals surface area contributed by atoms with E-state index in [4.69, 9.17) is 5.53 Å². The van der Waals surface area contributed by atoms with Crippen molar-refractivity contribution in [2.24, 2.45) is 12.2 Å². The van der Waals surface area contributed by atoms with Gasteiger partial charge in [-0.3, -0.25) is 4.68 Å². The number of hydrogen-bond donors (Lipinski definition) is 1. The van der Waals surface area contributed by atoms with Crippen LogP contribution in [0.4, 0.5) is 0 Å². The fourth-order valence-corrected chi connectivity index (χ4v) is 1.48. The highest BCUT2D eigenvalue weighted by atomic mass is 16.3. The van der Waals surface area contributed by atoms with E-state index in [-0.39, 0.29) is 6.54 Å². The molecule has 0 amide bonds. The quantitative estimate of drug-likeness (QED) is 0.448. The Kier molecular flexibility index (Phi) is 3.11. The monoisotopic (exact) mass is 195 g/mol. The third-order valence-electron chi connectivity index (χ3n) is 2.22. The van der Waals surface area contributed by atoms with Crippen LogP contribution in [0.2, 0.25) is 0 Å². The molecule has 1 aromatic rings. The molecule has 0 saturated carbocycles. The molecule has 0 aliphatic heterocycles. The molecule has 0 saturated heterocycles. The Morgan fingerprint density at radius 1 is 1.64 bits per heavy atom. The molecule has 14 heavy (non-hydrogen) atoms. The Bertz CT molecular complexity index is 377. The van der Waals surface area contributed by atoms with Crippen LogP contribution >= 0.6 is 0 Å². The van der Waals surface area contributed by atoms with Gasteiger partial charge < -0.3 is 5.11 Å². The lowest BCUT2D eigenvalue weighted by molar-refractivity contribution is 0.185. The lowest BCUT2D eigenvalue weighted by Crippen LogP contribution is -2.04. The standard InChI is InChI=1S/C8H13N5O/c1-5-8(6(2)13(3)11-5)7(14)4-10-12-9/h7,14H,4H2,1-3H3/t7-/m1/s1. The second kappa shape index (κ2) is 4.13. The van der Waals surface area contributed by atoms with Gasteiger partial charge in [0.25, 0.3) is 0 Å². The summed E-state index contributed by atoms with van der Waals surface area (Å²) in [5.74, 6) is 0. The van der Waals surface area contributed by atoms with Crippen molar-refractivity contribution in [1.82, 2.24) is 9.78 Å². The Balaban J connectivity index is 2.99. The Labute approximate surface area is 81.8 Å². The van der Waals surface area contributed by atoms with Gasteiger partial charge in [0.05, 0.1) is 18.3 Å². The molecule has 0 radical (unpaired) electrons. The van der Waals surface area contributed by atoms with Crippen molar-refractivity contribution in [3.63, 3.8) is 0 Å². The Hall–Kier alpha value is -1.52. The van der Waals surface area contributed by atoms with Gasteiger partial charge in [0.15, 0.2) is 0 Å². The minimum atomic E-state index is -0.764. The molecule has 0 aliphatic carbocycles. The van der Waals surface area contributed by atoms with E-state index in [2.05, 4.69) is 15.1 Å². The fraction of sp³-hybridized carbons (Fsp3) is 0.625. The first-order chi connectivity index (χ1) is 6.57. The first-order valence-corrected chi connectivity index (χ1v) is 4.27. The smallest absolute Gasteiger partial charge is 0.0882 e. The summed E-state index contributed by atoms with van der Waals surface area (Å²) in [6, 6.07) is 0. The van der Waals surface area contributed by atoms with E-state index in [1.54, 1.807) is 4.68 Å². The van der Waals surface area contributed by atoms with Gasteiger partial charge >= 0.3 is 0 Å². The third-order valence-corrected chi connectivity index (χ3v) is 2.22. The van der Waals surface area contributed by atoms with Crippen molar-refractivity contribution in [1.29, 1.82) is 0 Å². The van der Waals surface area contributed by atoms with Crippen molar-refractivity contribution in [2.45, 2.75) is 20.0 Å². The van der Waals surface area contributed by atoms with Gasteiger partial charge in [-0.15, -0.1) is 0 Å². The molecular formula is C8H13N5O. The molecule has 6 nitrogen and oxygen atoms in total. The van der Waals surface area contributed by atoms with E-state index >= 15 is 0 Å². The maximum atomic E-state index is 9.71. The predicted molar refractivity (Wildman–Crippen MR) is 51.7 cm³/mol. The van der Waals surface area contributed by atoms with Crippen molar-refractivity contribution >= 4 is 0 Å². The molecule has 0 aromatic carbocycles. The number of aliphatic hydroxyl groups excluding tert-OH is 1. The summed E-state index contributed by atoms with van der Waals surface area (Å²) >= 11 is 0. The van der Waals surface area contributed by atoms with Crippen molar-refractivity contribution in [3.8, 4) is 0 Å². The molecule has 0 unspecified atom stereocenters. The Morgan fingerprint density at radius 3 is 2.71 bits per heavy atom. The van der Waals surface area contributed by atoms with Crippen LogP contribution in [0.25, 0.3) is 10.4 Å². The third kappa shape index (κ3) is 1.86. The minimum absolute atomic E-state index is 0.0455. The summed E-state index contributed by atoms with van der Waals surface area (Å²) < 4.78 is 1.70. The molecule has 6 heteroatoms. The number of hydrogen-bond acceptors (Lipinski definition) is 3. The van der Waals surface area contributed by atoms with E-state index in [1.165, 1.54) is 0 Å². The number of aromatic nitrogens is 2. The van der Waals surface area contributed by atoms with Crippen LogP contribution in [0.1, 0.15) is 23.1 Å². The lowest BCUT2D eigenvalue weighted by Gasteiger charge is -2.07. The van der Waals surface area contributed by atoms with Gasteiger partial charge in [0.2, 0.25) is 0 Å². The molecule has 0 aliphatic rings. The van der Waals surface area contributed by atoms with Crippen molar-refractivity contribution < 1.29 is 5.11 Å². The molecule has 1 N–H and O–H groups in total. The molecule has 0 bridgehead atoms. The average molecular weight is 195 g/mol. The van der Waals surface area contributed by atoms with Gasteiger partial charge in [0, 0.05) is 23.2 Å². The summed E-state index contributed by atoms with van der Waals surface area (Å²) in [6.45, 7) is 3.74. The van der Waals surface area contributed by atoms with Crippen LogP contribution < -0.4 is 0 Å². The minimum Gasteiger partial charge on any atom is -0.388 e. The first kappa shape index (κ1) is 10.6. The molecule has 0 fully saturated rings. The normalized spacial score (nSPS) is 12.3. The number of rotatable bonds is 3. The fourth-order valence-electron chi connectivity index (χ4n) is 1.48. The van der Waals surface area contributed by atoms with Gasteiger partial charge in [-0.05, 0) is 19.4 Å². The van der Waals surface area contributed by atoms with Crippen LogP contribution in [-0.2, 0) is 7.05 Å². The van der Waals surface area contributed by atoms with Crippen LogP contribution in [0.3, 0.4) is 0 Å². The van der Waals surface area contributed by atoms with Crippen LogP contribution in [0.5, 0.6) is 0 Å². The Morgan fingerprint density at radius 2 is 2.29 bits per heavy atom. The number of azide groups is 1. The summed E-state index contributed by atoms with van der Waals surface area (Å²) in [6.07, 6.45) is -0.764. The second-order valence-electron chi connectivity index (χ2n) is 3.14. The van der Waals surface area contributed by atoms with E-state index in [9.17, 15) is 5.11 Å². The topological polar surface area (TPSA) is 86.8 Å². The maximum absolute atomic E-state index is 9.71.